The zero-order valence-electron chi connectivity index (χ0n) is 12.6. The van der Waals surface area contributed by atoms with Crippen LogP contribution in [0.4, 0.5) is 0 Å². The largest absolute Gasteiger partial charge is 0.379 e. The van der Waals surface area contributed by atoms with Crippen molar-refractivity contribution >= 4 is 17.2 Å². The molecule has 0 radical (unpaired) electrons. The van der Waals surface area contributed by atoms with Gasteiger partial charge in [0.2, 0.25) is 0 Å². The monoisotopic (exact) mass is 320 g/mol. The number of nitrogens with one attached hydrogen (secondary N) is 1. The highest BCUT2D eigenvalue weighted by atomic mass is 32.1. The molecule has 22 heavy (non-hydrogen) atoms. The van der Waals surface area contributed by atoms with Crippen molar-refractivity contribution in [1.29, 1.82) is 0 Å². The smallest absolute Gasteiger partial charge is 0.269 e. The summed E-state index contributed by atoms with van der Waals surface area (Å²) in [5.74, 6) is -0.0777. The van der Waals surface area contributed by atoms with Gasteiger partial charge < -0.3 is 10.1 Å². The summed E-state index contributed by atoms with van der Waals surface area (Å²) >= 11 is 1.62. The number of rotatable bonds is 5. The summed E-state index contributed by atoms with van der Waals surface area (Å²) in [5, 5.41) is 9.38. The minimum absolute atomic E-state index is 0.0777. The summed E-state index contributed by atoms with van der Waals surface area (Å²) < 4.78 is 6.95. The fourth-order valence-electron chi connectivity index (χ4n) is 2.47. The van der Waals surface area contributed by atoms with Gasteiger partial charge in [-0.3, -0.25) is 14.4 Å². The molecule has 3 heterocycles. The van der Waals surface area contributed by atoms with E-state index in [2.05, 4.69) is 15.3 Å². The summed E-state index contributed by atoms with van der Waals surface area (Å²) in [6, 6.07) is 5.83. The van der Waals surface area contributed by atoms with Gasteiger partial charge in [0.15, 0.2) is 0 Å². The van der Waals surface area contributed by atoms with Crippen molar-refractivity contribution < 1.29 is 9.53 Å². The fourth-order valence-corrected chi connectivity index (χ4v) is 3.15. The van der Waals surface area contributed by atoms with Gasteiger partial charge in [0.05, 0.1) is 18.1 Å². The zero-order valence-corrected chi connectivity index (χ0v) is 13.4. The lowest BCUT2D eigenvalue weighted by atomic mass is 10.3. The molecule has 2 aromatic heterocycles. The van der Waals surface area contributed by atoms with Crippen molar-refractivity contribution in [1.82, 2.24) is 20.0 Å². The van der Waals surface area contributed by atoms with E-state index < -0.39 is 0 Å². The Morgan fingerprint density at radius 1 is 1.45 bits per heavy atom. The number of nitrogens with zero attached hydrogens (tertiary/aromatic N) is 3. The number of hydrogen-bond acceptors (Lipinski definition) is 5. The first-order valence-electron chi connectivity index (χ1n) is 7.40. The van der Waals surface area contributed by atoms with Gasteiger partial charge in [0.25, 0.3) is 5.91 Å². The highest BCUT2D eigenvalue weighted by Gasteiger charge is 2.15. The minimum atomic E-state index is -0.0777. The Hall–Kier alpha value is -1.70. The number of carbonyl (C=O) groups excluding carboxylic acids is 1. The van der Waals surface area contributed by atoms with Gasteiger partial charge in [0.1, 0.15) is 11.4 Å². The number of aromatic nitrogens is 2. The number of amides is 1. The van der Waals surface area contributed by atoms with Crippen LogP contribution in [-0.2, 0) is 11.8 Å². The van der Waals surface area contributed by atoms with E-state index in [0.29, 0.717) is 12.2 Å². The summed E-state index contributed by atoms with van der Waals surface area (Å²) in [7, 11) is 1.80. The molecule has 1 amide bonds. The van der Waals surface area contributed by atoms with E-state index in [9.17, 15) is 4.79 Å². The quantitative estimate of drug-likeness (QED) is 0.900. The molecule has 1 N–H and O–H groups in total. The lowest BCUT2D eigenvalue weighted by molar-refractivity contribution is 0.0383. The molecule has 0 bridgehead atoms. The van der Waals surface area contributed by atoms with Gasteiger partial charge in [-0.05, 0) is 17.5 Å². The summed E-state index contributed by atoms with van der Waals surface area (Å²) in [6.07, 6.45) is 0. The molecular formula is C15H20N4O2S. The summed E-state index contributed by atoms with van der Waals surface area (Å²) in [4.78, 5) is 15.6. The maximum absolute atomic E-state index is 12.3. The highest BCUT2D eigenvalue weighted by molar-refractivity contribution is 7.13. The first kappa shape index (κ1) is 15.2. The number of ether oxygens (including phenoxy) is 1. The Balaban J connectivity index is 1.55. The van der Waals surface area contributed by atoms with Crippen LogP contribution in [0.3, 0.4) is 0 Å². The second-order valence-electron chi connectivity index (χ2n) is 5.23. The molecule has 7 heteroatoms. The van der Waals surface area contributed by atoms with Crippen molar-refractivity contribution in [3.05, 3.63) is 29.3 Å². The topological polar surface area (TPSA) is 59.4 Å². The van der Waals surface area contributed by atoms with Crippen LogP contribution in [0.5, 0.6) is 0 Å². The van der Waals surface area contributed by atoms with Gasteiger partial charge in [-0.2, -0.15) is 5.10 Å². The first-order chi connectivity index (χ1) is 10.7. The Kier molecular flexibility index (Phi) is 4.87. The molecule has 1 saturated heterocycles. The molecule has 0 atom stereocenters. The van der Waals surface area contributed by atoms with Crippen LogP contribution in [0.15, 0.2) is 23.6 Å². The van der Waals surface area contributed by atoms with E-state index in [1.165, 1.54) is 0 Å². The molecule has 1 fully saturated rings. The van der Waals surface area contributed by atoms with Gasteiger partial charge >= 0.3 is 0 Å². The van der Waals surface area contributed by atoms with Crippen LogP contribution in [0.2, 0.25) is 0 Å². The number of morpholine rings is 1. The zero-order chi connectivity index (χ0) is 15.4. The maximum Gasteiger partial charge on any atom is 0.269 e. The molecule has 6 nitrogen and oxygen atoms in total. The summed E-state index contributed by atoms with van der Waals surface area (Å²) in [6.45, 7) is 4.91. The van der Waals surface area contributed by atoms with E-state index in [1.807, 2.05) is 23.6 Å². The fraction of sp³-hybridized carbons (Fsp3) is 0.467. The van der Waals surface area contributed by atoms with Crippen LogP contribution in [0.25, 0.3) is 10.6 Å². The van der Waals surface area contributed by atoms with Crippen molar-refractivity contribution in [2.75, 3.05) is 39.4 Å². The van der Waals surface area contributed by atoms with E-state index in [1.54, 1.807) is 23.1 Å². The minimum Gasteiger partial charge on any atom is -0.379 e. The van der Waals surface area contributed by atoms with Gasteiger partial charge in [-0.1, -0.05) is 6.07 Å². The average Bonchev–Trinajstić information content (AvgIpc) is 3.17. The average molecular weight is 320 g/mol. The third kappa shape index (κ3) is 3.55. The van der Waals surface area contributed by atoms with Gasteiger partial charge in [-0.25, -0.2) is 0 Å². The normalized spacial score (nSPS) is 15.9. The van der Waals surface area contributed by atoms with Crippen molar-refractivity contribution in [2.24, 2.45) is 7.05 Å². The Morgan fingerprint density at radius 2 is 2.27 bits per heavy atom. The SMILES string of the molecule is Cn1nc(-c2cccs2)cc1C(=O)NCCN1CCOCC1. The predicted molar refractivity (Wildman–Crippen MR) is 86.1 cm³/mol. The van der Waals surface area contributed by atoms with E-state index in [4.69, 9.17) is 4.74 Å². The Labute approximate surface area is 133 Å². The van der Waals surface area contributed by atoms with Crippen molar-refractivity contribution in [2.45, 2.75) is 0 Å². The van der Waals surface area contributed by atoms with Crippen LogP contribution < -0.4 is 5.32 Å². The molecule has 0 unspecified atom stereocenters. The highest BCUT2D eigenvalue weighted by Crippen LogP contribution is 2.23. The lowest BCUT2D eigenvalue weighted by Crippen LogP contribution is -2.41. The molecule has 118 valence electrons. The number of carbonyl (C=O) groups is 1. The molecule has 3 rings (SSSR count). The third-order valence-electron chi connectivity index (χ3n) is 3.70. The summed E-state index contributed by atoms with van der Waals surface area (Å²) in [5.41, 5.74) is 1.43. The number of aryl methyl sites for hydroxylation is 1. The molecule has 0 spiro atoms. The van der Waals surface area contributed by atoms with Gasteiger partial charge in [-0.15, -0.1) is 11.3 Å². The second kappa shape index (κ2) is 7.04. The van der Waals surface area contributed by atoms with Crippen LogP contribution in [0.1, 0.15) is 10.5 Å². The predicted octanol–water partition coefficient (Wildman–Crippen LogP) is 1.21. The molecule has 1 aliphatic rings. The maximum atomic E-state index is 12.3. The Bertz CT molecular complexity index is 618. The third-order valence-corrected chi connectivity index (χ3v) is 4.60. The number of hydrogen-bond donors (Lipinski definition) is 1. The molecule has 0 saturated carbocycles. The van der Waals surface area contributed by atoms with Crippen LogP contribution >= 0.6 is 11.3 Å². The van der Waals surface area contributed by atoms with Crippen molar-refractivity contribution in [3.63, 3.8) is 0 Å². The first-order valence-corrected chi connectivity index (χ1v) is 8.28. The van der Waals surface area contributed by atoms with Crippen molar-refractivity contribution in [3.8, 4) is 10.6 Å². The van der Waals surface area contributed by atoms with Crippen LogP contribution in [0, 0.1) is 0 Å². The number of thiophene rings is 1. The van der Waals surface area contributed by atoms with E-state index >= 15 is 0 Å². The standard InChI is InChI=1S/C15H20N4O2S/c1-18-13(11-12(17-18)14-3-2-10-22-14)15(20)16-4-5-19-6-8-21-9-7-19/h2-3,10-11H,4-9H2,1H3,(H,16,20). The van der Waals surface area contributed by atoms with E-state index in [0.717, 1.165) is 43.4 Å². The van der Waals surface area contributed by atoms with Gasteiger partial charge in [0, 0.05) is 33.2 Å². The lowest BCUT2D eigenvalue weighted by Gasteiger charge is -2.26. The molecule has 0 aliphatic carbocycles. The molecule has 0 aromatic carbocycles. The van der Waals surface area contributed by atoms with E-state index in [-0.39, 0.29) is 5.91 Å². The molecular weight excluding hydrogens is 300 g/mol. The molecule has 1 aliphatic heterocycles. The second-order valence-corrected chi connectivity index (χ2v) is 6.17. The Morgan fingerprint density at radius 3 is 3.00 bits per heavy atom. The van der Waals surface area contributed by atoms with Crippen LogP contribution in [-0.4, -0.2) is 60.0 Å². The molecule has 2 aromatic rings.